The molecule has 0 aliphatic heterocycles. The molecule has 0 saturated carbocycles. The quantitative estimate of drug-likeness (QED) is 0.350. The summed E-state index contributed by atoms with van der Waals surface area (Å²) in [6.45, 7) is 13.0. The maximum atomic E-state index is 11.6. The molecule has 1 aromatic carbocycles. The van der Waals surface area contributed by atoms with E-state index < -0.39 is 0 Å². The summed E-state index contributed by atoms with van der Waals surface area (Å²) in [5.41, 5.74) is 0.244. The molecule has 3 N–H and O–H groups in total. The molecule has 146 valence electrons. The fourth-order valence-electron chi connectivity index (χ4n) is 2.53. The lowest BCUT2D eigenvalue weighted by molar-refractivity contribution is 0.544. The summed E-state index contributed by atoms with van der Waals surface area (Å²) in [4.78, 5) is 23.2. The Hall–Kier alpha value is -1.36. The van der Waals surface area contributed by atoms with Crippen LogP contribution in [0.5, 0.6) is 0 Å². The smallest absolute Gasteiger partial charge is 0.253 e. The average molecular weight is 354 g/mol. The van der Waals surface area contributed by atoms with E-state index in [1.54, 1.807) is 0 Å². The zero-order valence-electron chi connectivity index (χ0n) is 17.0. The number of hydrogen-bond acceptors (Lipinski definition) is 5. The van der Waals surface area contributed by atoms with Gasteiger partial charge in [0.05, 0.1) is 0 Å². The van der Waals surface area contributed by atoms with Gasteiger partial charge in [0.15, 0.2) is 0 Å². The highest BCUT2D eigenvalue weighted by molar-refractivity contribution is 5.73. The molecule has 0 radical (unpaired) electrons. The van der Waals surface area contributed by atoms with Crippen LogP contribution in [0.2, 0.25) is 0 Å². The van der Waals surface area contributed by atoms with Gasteiger partial charge in [-0.1, -0.05) is 60.3 Å². The van der Waals surface area contributed by atoms with Crippen molar-refractivity contribution in [1.82, 2.24) is 5.32 Å². The number of nitrogens with one attached hydrogen (secondary N) is 3. The zero-order valence-corrected chi connectivity index (χ0v) is 17.0. The molecular weight excluding hydrogens is 314 g/mol. The molecule has 0 unspecified atom stereocenters. The topological polar surface area (TPSA) is 70.2 Å². The Bertz CT molecular complexity index is 505. The highest BCUT2D eigenvalue weighted by Crippen LogP contribution is 2.14. The molecule has 5 nitrogen and oxygen atoms in total. The second kappa shape index (κ2) is 14.9. The lowest BCUT2D eigenvalue weighted by Crippen LogP contribution is -2.37. The third-order valence-electron chi connectivity index (χ3n) is 3.95. The number of unbranched alkanes of at least 4 members (excludes halogenated alkanes) is 5. The first-order valence-corrected chi connectivity index (χ1v) is 10.1. The zero-order chi connectivity index (χ0) is 19.1. The van der Waals surface area contributed by atoms with E-state index in [0.717, 1.165) is 51.7 Å². The molecule has 0 heterocycles. The van der Waals surface area contributed by atoms with Crippen molar-refractivity contribution >= 4 is 11.4 Å². The van der Waals surface area contributed by atoms with Crippen LogP contribution in [0, 0.1) is 0 Å². The highest BCUT2D eigenvalue weighted by atomic mass is 16.2. The second-order valence-electron chi connectivity index (χ2n) is 6.49. The van der Waals surface area contributed by atoms with Crippen molar-refractivity contribution in [3.8, 4) is 0 Å². The lowest BCUT2D eigenvalue weighted by atomic mass is 10.1. The summed E-state index contributed by atoms with van der Waals surface area (Å²) in [6.07, 6.45) is 7.84. The van der Waals surface area contributed by atoms with Crippen molar-refractivity contribution in [3.05, 3.63) is 20.4 Å². The third kappa shape index (κ3) is 9.63. The third-order valence-corrected chi connectivity index (χ3v) is 3.95. The monoisotopic (exact) mass is 353 g/mol. The minimum absolute atomic E-state index is 0.371. The van der Waals surface area contributed by atoms with E-state index in [4.69, 9.17) is 0 Å². The fourth-order valence-corrected chi connectivity index (χ4v) is 2.53. The van der Waals surface area contributed by atoms with Gasteiger partial charge in [-0.25, -0.2) is 0 Å². The Morgan fingerprint density at radius 2 is 1.16 bits per heavy atom. The van der Waals surface area contributed by atoms with Crippen molar-refractivity contribution in [3.63, 3.8) is 0 Å². The van der Waals surface area contributed by atoms with E-state index in [1.807, 2.05) is 13.8 Å². The minimum atomic E-state index is -0.372. The molecule has 0 spiro atoms. The first-order chi connectivity index (χ1) is 12.1. The van der Waals surface area contributed by atoms with Gasteiger partial charge in [-0.15, -0.1) is 0 Å². The summed E-state index contributed by atoms with van der Waals surface area (Å²) in [5.74, 6) is 0. The second-order valence-corrected chi connectivity index (χ2v) is 6.49. The molecule has 0 aliphatic rings. The number of rotatable bonds is 14. The van der Waals surface area contributed by atoms with E-state index in [0.29, 0.717) is 17.4 Å². The van der Waals surface area contributed by atoms with Crippen LogP contribution >= 0.6 is 0 Å². The summed E-state index contributed by atoms with van der Waals surface area (Å²) in [6, 6.07) is 0.550. The number of anilines is 2. The van der Waals surface area contributed by atoms with Crippen molar-refractivity contribution < 1.29 is 0 Å². The van der Waals surface area contributed by atoms with Crippen LogP contribution in [-0.2, 0) is 0 Å². The molecular formula is C20H39N3O2. The molecule has 0 saturated heterocycles. The van der Waals surface area contributed by atoms with Gasteiger partial charge in [-0.05, 0) is 25.8 Å². The van der Waals surface area contributed by atoms with Gasteiger partial charge in [-0.2, -0.15) is 0 Å². The van der Waals surface area contributed by atoms with Gasteiger partial charge >= 0.3 is 0 Å². The molecule has 1 aromatic rings. The Kier molecular flexibility index (Phi) is 14.1. The first-order valence-electron chi connectivity index (χ1n) is 10.1. The Morgan fingerprint density at radius 1 is 0.720 bits per heavy atom. The number of hydrogen-bond donors (Lipinski definition) is 3. The van der Waals surface area contributed by atoms with Gasteiger partial charge in [-0.3, -0.25) is 9.59 Å². The van der Waals surface area contributed by atoms with Gasteiger partial charge in [0.25, 0.3) is 10.9 Å². The van der Waals surface area contributed by atoms with Gasteiger partial charge < -0.3 is 16.0 Å². The lowest BCUT2D eigenvalue weighted by Gasteiger charge is -2.14. The van der Waals surface area contributed by atoms with Crippen molar-refractivity contribution in [2.45, 2.75) is 85.6 Å². The van der Waals surface area contributed by atoms with E-state index in [-0.39, 0.29) is 10.9 Å². The molecule has 0 aliphatic carbocycles. The summed E-state index contributed by atoms with van der Waals surface area (Å²) in [7, 11) is 0. The molecule has 0 amide bonds. The van der Waals surface area contributed by atoms with Gasteiger partial charge in [0.1, 0.15) is 11.4 Å². The van der Waals surface area contributed by atoms with E-state index in [1.165, 1.54) is 12.8 Å². The molecule has 0 atom stereocenters. The molecule has 5 heteroatoms. The van der Waals surface area contributed by atoms with Crippen LogP contribution in [0.25, 0.3) is 0 Å². The van der Waals surface area contributed by atoms with Gasteiger partial charge in [0.2, 0.25) is 0 Å². The summed E-state index contributed by atoms with van der Waals surface area (Å²) >= 11 is 0. The Morgan fingerprint density at radius 3 is 1.60 bits per heavy atom. The summed E-state index contributed by atoms with van der Waals surface area (Å²) < 4.78 is 0. The van der Waals surface area contributed by atoms with Crippen molar-refractivity contribution in [2.24, 2.45) is 0 Å². The predicted molar refractivity (Wildman–Crippen MR) is 111 cm³/mol. The molecule has 0 fully saturated rings. The standard InChI is InChI=1S/C18H33N3O2.C2H6/c1-4-5-8-12-20-15-16(18(23)17(15)22)21-13-10-7-6-9-11-19-14(2)3;1-2/h14,19-21H,4-13H2,1-3H3;1-2H3. The molecule has 25 heavy (non-hydrogen) atoms. The molecule has 1 rings (SSSR count). The minimum Gasteiger partial charge on any atom is -0.380 e. The average Bonchev–Trinajstić information content (AvgIpc) is 2.62. The maximum Gasteiger partial charge on any atom is 0.253 e. The van der Waals surface area contributed by atoms with Crippen LogP contribution in [0.4, 0.5) is 11.4 Å². The Balaban J connectivity index is 0.00000277. The molecule has 0 aromatic heterocycles. The van der Waals surface area contributed by atoms with Gasteiger partial charge in [0, 0.05) is 19.1 Å². The molecule has 0 bridgehead atoms. The first kappa shape index (κ1) is 23.6. The predicted octanol–water partition coefficient (Wildman–Crippen LogP) is 3.88. The maximum absolute atomic E-state index is 11.6. The van der Waals surface area contributed by atoms with E-state index >= 15 is 0 Å². The fraction of sp³-hybridized carbons (Fsp3) is 0.800. The van der Waals surface area contributed by atoms with E-state index in [9.17, 15) is 9.59 Å². The van der Waals surface area contributed by atoms with Crippen LogP contribution in [0.3, 0.4) is 0 Å². The highest BCUT2D eigenvalue weighted by Gasteiger charge is 2.19. The largest absolute Gasteiger partial charge is 0.380 e. The van der Waals surface area contributed by atoms with Crippen molar-refractivity contribution in [2.75, 3.05) is 30.3 Å². The van der Waals surface area contributed by atoms with Crippen LogP contribution < -0.4 is 26.8 Å². The van der Waals surface area contributed by atoms with E-state index in [2.05, 4.69) is 36.7 Å². The van der Waals surface area contributed by atoms with Crippen molar-refractivity contribution in [1.29, 1.82) is 0 Å². The van der Waals surface area contributed by atoms with Crippen LogP contribution in [0.1, 0.15) is 79.6 Å². The SMILES string of the molecule is CC.CCCCCNc1c(NCCCCCCNC(C)C)c(=O)c1=O. The van der Waals surface area contributed by atoms with Crippen LogP contribution in [-0.4, -0.2) is 25.7 Å². The summed E-state index contributed by atoms with van der Waals surface area (Å²) in [5, 5.41) is 9.64. The van der Waals surface area contributed by atoms with Crippen LogP contribution in [0.15, 0.2) is 9.59 Å². The normalized spacial score (nSPS) is 10.6. The Labute approximate surface area is 153 Å².